The van der Waals surface area contributed by atoms with Crippen molar-refractivity contribution in [1.29, 1.82) is 0 Å². The van der Waals surface area contributed by atoms with E-state index in [1.54, 1.807) is 0 Å². The van der Waals surface area contributed by atoms with E-state index in [0.717, 1.165) is 25.3 Å². The van der Waals surface area contributed by atoms with E-state index in [4.69, 9.17) is 4.74 Å². The topological polar surface area (TPSA) is 37.0 Å². The first-order valence-corrected chi connectivity index (χ1v) is 6.01. The number of benzene rings is 1. The molecule has 0 aliphatic carbocycles. The van der Waals surface area contributed by atoms with Gasteiger partial charge in [-0.05, 0) is 18.2 Å². The average molecular weight is 228 g/mol. The summed E-state index contributed by atoms with van der Waals surface area (Å²) in [6.45, 7) is 1.66. The Labute approximate surface area is 101 Å². The number of rotatable bonds is 3. The predicted molar refractivity (Wildman–Crippen MR) is 66.9 cm³/mol. The minimum Gasteiger partial charge on any atom is -0.493 e. The van der Waals surface area contributed by atoms with Gasteiger partial charge in [0.05, 0.1) is 6.61 Å². The molecular weight excluding hydrogens is 212 g/mol. The lowest BCUT2D eigenvalue weighted by Crippen LogP contribution is -2.26. The molecule has 2 aromatic rings. The van der Waals surface area contributed by atoms with E-state index in [2.05, 4.69) is 28.5 Å². The number of hydrogen-bond acceptors (Lipinski definition) is 2. The van der Waals surface area contributed by atoms with Gasteiger partial charge in [0.2, 0.25) is 0 Å². The van der Waals surface area contributed by atoms with Crippen molar-refractivity contribution in [1.82, 2.24) is 10.3 Å². The van der Waals surface area contributed by atoms with Crippen LogP contribution in [0.5, 0.6) is 5.75 Å². The number of nitrogens with one attached hydrogen (secondary N) is 2. The average Bonchev–Trinajstić information content (AvgIpc) is 2.89. The minimum absolute atomic E-state index is 0.392. The van der Waals surface area contributed by atoms with Crippen LogP contribution in [0.15, 0.2) is 42.6 Å². The third-order valence-electron chi connectivity index (χ3n) is 3.16. The highest BCUT2D eigenvalue weighted by molar-refractivity contribution is 5.37. The molecule has 0 bridgehead atoms. The molecule has 3 rings (SSSR count). The van der Waals surface area contributed by atoms with Crippen LogP contribution in [0.4, 0.5) is 0 Å². The Morgan fingerprint density at radius 2 is 2.18 bits per heavy atom. The highest BCUT2D eigenvalue weighted by atomic mass is 16.5. The summed E-state index contributed by atoms with van der Waals surface area (Å²) in [5, 5.41) is 3.57. The van der Waals surface area contributed by atoms with E-state index in [9.17, 15) is 0 Å². The van der Waals surface area contributed by atoms with Gasteiger partial charge in [0.15, 0.2) is 0 Å². The summed E-state index contributed by atoms with van der Waals surface area (Å²) in [5.74, 6) is 1.02. The van der Waals surface area contributed by atoms with Gasteiger partial charge in [-0.25, -0.2) is 0 Å². The first-order valence-electron chi connectivity index (χ1n) is 6.01. The van der Waals surface area contributed by atoms with Gasteiger partial charge in [0, 0.05) is 36.5 Å². The van der Waals surface area contributed by atoms with E-state index in [-0.39, 0.29) is 0 Å². The number of hydrogen-bond donors (Lipinski definition) is 2. The maximum atomic E-state index is 5.64. The van der Waals surface area contributed by atoms with Crippen LogP contribution in [-0.2, 0) is 6.54 Å². The monoisotopic (exact) mass is 228 g/mol. The fourth-order valence-electron chi connectivity index (χ4n) is 2.26. The molecule has 0 saturated carbocycles. The lowest BCUT2D eigenvalue weighted by atomic mass is 10.0. The summed E-state index contributed by atoms with van der Waals surface area (Å²) in [7, 11) is 0. The van der Waals surface area contributed by atoms with Crippen LogP contribution < -0.4 is 10.1 Å². The lowest BCUT2D eigenvalue weighted by molar-refractivity contribution is 0.252. The van der Waals surface area contributed by atoms with E-state index >= 15 is 0 Å². The minimum atomic E-state index is 0.392. The third kappa shape index (κ3) is 2.19. The zero-order chi connectivity index (χ0) is 11.5. The summed E-state index contributed by atoms with van der Waals surface area (Å²) in [5.41, 5.74) is 2.49. The maximum Gasteiger partial charge on any atom is 0.124 e. The molecule has 88 valence electrons. The number of para-hydroxylation sites is 1. The summed E-state index contributed by atoms with van der Waals surface area (Å²) in [6.07, 6.45) is 2.98. The van der Waals surface area contributed by atoms with Gasteiger partial charge in [-0.2, -0.15) is 0 Å². The predicted octanol–water partition coefficient (Wildman–Crippen LogP) is 2.63. The largest absolute Gasteiger partial charge is 0.493 e. The van der Waals surface area contributed by atoms with E-state index < -0.39 is 0 Å². The summed E-state index contributed by atoms with van der Waals surface area (Å²) < 4.78 is 5.64. The molecular formula is C14H16N2O. The lowest BCUT2D eigenvalue weighted by Gasteiger charge is -2.26. The number of aromatic amines is 1. The molecule has 0 radical (unpaired) electrons. The second kappa shape index (κ2) is 4.63. The van der Waals surface area contributed by atoms with Crippen LogP contribution >= 0.6 is 0 Å². The zero-order valence-corrected chi connectivity index (χ0v) is 9.65. The Morgan fingerprint density at radius 3 is 3.06 bits per heavy atom. The highest BCUT2D eigenvalue weighted by Gasteiger charge is 2.20. The Kier molecular flexibility index (Phi) is 2.84. The third-order valence-corrected chi connectivity index (χ3v) is 3.16. The van der Waals surface area contributed by atoms with Crippen molar-refractivity contribution < 1.29 is 4.74 Å². The van der Waals surface area contributed by atoms with Crippen LogP contribution in [0.25, 0.3) is 0 Å². The number of aromatic nitrogens is 1. The summed E-state index contributed by atoms with van der Waals surface area (Å²) in [4.78, 5) is 3.21. The van der Waals surface area contributed by atoms with Gasteiger partial charge < -0.3 is 15.0 Å². The number of ether oxygens (including phenoxy) is 1. The van der Waals surface area contributed by atoms with Crippen molar-refractivity contribution in [3.05, 3.63) is 53.9 Å². The van der Waals surface area contributed by atoms with Gasteiger partial charge in [-0.15, -0.1) is 0 Å². The van der Waals surface area contributed by atoms with Crippen molar-refractivity contribution in [2.24, 2.45) is 0 Å². The van der Waals surface area contributed by atoms with Crippen molar-refractivity contribution in [3.63, 3.8) is 0 Å². The summed E-state index contributed by atoms with van der Waals surface area (Å²) >= 11 is 0. The molecule has 1 aliphatic heterocycles. The molecule has 0 saturated heterocycles. The van der Waals surface area contributed by atoms with Crippen molar-refractivity contribution >= 4 is 0 Å². The van der Waals surface area contributed by atoms with Crippen molar-refractivity contribution in [2.45, 2.75) is 19.0 Å². The fraction of sp³-hybridized carbons (Fsp3) is 0.286. The second-order valence-electron chi connectivity index (χ2n) is 4.30. The molecule has 1 aliphatic rings. The number of fused-ring (bicyclic) bond motifs is 1. The molecule has 1 unspecified atom stereocenters. The molecule has 0 spiro atoms. The molecule has 0 fully saturated rings. The van der Waals surface area contributed by atoms with Gasteiger partial charge >= 0.3 is 0 Å². The van der Waals surface area contributed by atoms with E-state index in [0.29, 0.717) is 6.04 Å². The highest BCUT2D eigenvalue weighted by Crippen LogP contribution is 2.31. The first kappa shape index (κ1) is 10.4. The molecule has 2 N–H and O–H groups in total. The quantitative estimate of drug-likeness (QED) is 0.847. The molecule has 1 atom stereocenters. The standard InChI is InChI=1S/C14H16N2O/c1-2-6-14-12(5-1)13(7-9-17-14)16-10-11-4-3-8-15-11/h1-6,8,13,15-16H,7,9-10H2. The molecule has 2 heterocycles. The molecule has 3 heteroatoms. The van der Waals surface area contributed by atoms with Crippen LogP contribution in [0.2, 0.25) is 0 Å². The first-order chi connectivity index (χ1) is 8.43. The van der Waals surface area contributed by atoms with Crippen LogP contribution in [0.1, 0.15) is 23.7 Å². The zero-order valence-electron chi connectivity index (χ0n) is 9.65. The van der Waals surface area contributed by atoms with Gasteiger partial charge in [-0.3, -0.25) is 0 Å². The van der Waals surface area contributed by atoms with E-state index in [1.807, 2.05) is 24.4 Å². The Balaban J connectivity index is 1.72. The molecule has 1 aromatic heterocycles. The number of H-pyrrole nitrogens is 1. The normalized spacial score (nSPS) is 18.5. The molecule has 1 aromatic carbocycles. The van der Waals surface area contributed by atoms with Gasteiger partial charge in [0.25, 0.3) is 0 Å². The van der Waals surface area contributed by atoms with E-state index in [1.165, 1.54) is 11.3 Å². The SMILES string of the molecule is c1c[nH]c(CNC2CCOc3ccccc32)c1. The Hall–Kier alpha value is -1.74. The van der Waals surface area contributed by atoms with Crippen molar-refractivity contribution in [3.8, 4) is 5.75 Å². The fourth-order valence-corrected chi connectivity index (χ4v) is 2.26. The van der Waals surface area contributed by atoms with Gasteiger partial charge in [-0.1, -0.05) is 18.2 Å². The molecule has 3 nitrogen and oxygen atoms in total. The molecule has 17 heavy (non-hydrogen) atoms. The Morgan fingerprint density at radius 1 is 1.24 bits per heavy atom. The smallest absolute Gasteiger partial charge is 0.124 e. The van der Waals surface area contributed by atoms with Crippen LogP contribution in [-0.4, -0.2) is 11.6 Å². The maximum absolute atomic E-state index is 5.64. The van der Waals surface area contributed by atoms with Crippen LogP contribution in [0, 0.1) is 0 Å². The van der Waals surface area contributed by atoms with Gasteiger partial charge in [0.1, 0.15) is 5.75 Å². The molecule has 0 amide bonds. The second-order valence-corrected chi connectivity index (χ2v) is 4.30. The Bertz CT molecular complexity index is 479. The van der Waals surface area contributed by atoms with Crippen molar-refractivity contribution in [2.75, 3.05) is 6.61 Å². The summed E-state index contributed by atoms with van der Waals surface area (Å²) in [6, 6.07) is 12.8. The van der Waals surface area contributed by atoms with Crippen LogP contribution in [0.3, 0.4) is 0 Å².